The normalized spacial score (nSPS) is 28.5. The molecule has 1 aromatic rings. The van der Waals surface area contributed by atoms with Crippen LogP contribution in [0.25, 0.3) is 0 Å². The third-order valence-corrected chi connectivity index (χ3v) is 2.91. The van der Waals surface area contributed by atoms with Crippen molar-refractivity contribution in [2.45, 2.75) is 12.0 Å². The van der Waals surface area contributed by atoms with Crippen LogP contribution in [0.2, 0.25) is 5.02 Å². The molecule has 78 valence electrons. The van der Waals surface area contributed by atoms with Crippen LogP contribution in [-0.4, -0.2) is 17.3 Å². The van der Waals surface area contributed by atoms with E-state index >= 15 is 0 Å². The number of hydrogen-bond acceptors (Lipinski definition) is 3. The lowest BCUT2D eigenvalue weighted by atomic mass is 10.1. The molecule has 0 aliphatic heterocycles. The van der Waals surface area contributed by atoms with E-state index in [9.17, 15) is 14.9 Å². The predicted octanol–water partition coefficient (Wildman–Crippen LogP) is 1.90. The van der Waals surface area contributed by atoms with Gasteiger partial charge in [0.1, 0.15) is 6.29 Å². The first-order valence-electron chi connectivity index (χ1n) is 4.49. The van der Waals surface area contributed by atoms with Crippen molar-refractivity contribution in [1.29, 1.82) is 0 Å². The first-order chi connectivity index (χ1) is 7.15. The average Bonchev–Trinajstić information content (AvgIpc) is 2.91. The van der Waals surface area contributed by atoms with Crippen LogP contribution in [0.3, 0.4) is 0 Å². The second-order valence-corrected chi connectivity index (χ2v) is 4.01. The highest BCUT2D eigenvalue weighted by Crippen LogP contribution is 2.48. The number of hydrogen-bond donors (Lipinski definition) is 0. The van der Waals surface area contributed by atoms with E-state index in [0.717, 1.165) is 5.56 Å². The predicted molar refractivity (Wildman–Crippen MR) is 54.5 cm³/mol. The third kappa shape index (κ3) is 1.72. The van der Waals surface area contributed by atoms with Gasteiger partial charge in [-0.3, -0.25) is 10.1 Å². The number of nitro groups is 1. The Kier molecular flexibility index (Phi) is 2.44. The fraction of sp³-hybridized carbons (Fsp3) is 0.300. The van der Waals surface area contributed by atoms with E-state index in [2.05, 4.69) is 0 Å². The highest BCUT2D eigenvalue weighted by molar-refractivity contribution is 6.30. The highest BCUT2D eigenvalue weighted by Gasteiger charge is 2.61. The maximum atomic E-state index is 10.6. The van der Waals surface area contributed by atoms with E-state index in [1.807, 2.05) is 0 Å². The van der Waals surface area contributed by atoms with Gasteiger partial charge < -0.3 is 4.79 Å². The summed E-state index contributed by atoms with van der Waals surface area (Å²) in [5.74, 6) is -0.810. The maximum Gasteiger partial charge on any atom is 0.231 e. The van der Waals surface area contributed by atoms with Gasteiger partial charge in [0, 0.05) is 9.95 Å². The number of benzene rings is 1. The zero-order valence-corrected chi connectivity index (χ0v) is 8.42. The zero-order valence-electron chi connectivity index (χ0n) is 7.67. The number of carbonyl (C=O) groups is 1. The molecule has 0 radical (unpaired) electrons. The van der Waals surface area contributed by atoms with Gasteiger partial charge in [-0.15, -0.1) is 0 Å². The van der Waals surface area contributed by atoms with E-state index in [1.165, 1.54) is 0 Å². The summed E-state index contributed by atoms with van der Waals surface area (Å²) >= 11 is 5.78. The molecule has 5 heteroatoms. The zero-order chi connectivity index (χ0) is 11.0. The second kappa shape index (κ2) is 3.62. The van der Waals surface area contributed by atoms with Crippen molar-refractivity contribution in [2.75, 3.05) is 0 Å². The van der Waals surface area contributed by atoms with Crippen molar-refractivity contribution in [3.05, 3.63) is 45.0 Å². The molecule has 1 aliphatic rings. The van der Waals surface area contributed by atoms with Crippen LogP contribution in [-0.2, 0) is 4.79 Å². The van der Waals surface area contributed by atoms with Crippen molar-refractivity contribution < 1.29 is 9.72 Å². The standard InChI is InChI=1S/C10H8ClNO3/c11-7-3-1-2-6(4-7)9-8(5-13)10(9)12(14)15/h1-5,8-10H/t8-,9+,10+/m0/s1. The minimum Gasteiger partial charge on any atom is -0.303 e. The van der Waals surface area contributed by atoms with Gasteiger partial charge in [-0.05, 0) is 17.7 Å². The quantitative estimate of drug-likeness (QED) is 0.448. The van der Waals surface area contributed by atoms with Crippen LogP contribution in [0, 0.1) is 16.0 Å². The lowest BCUT2D eigenvalue weighted by Crippen LogP contribution is -2.05. The second-order valence-electron chi connectivity index (χ2n) is 3.57. The summed E-state index contributed by atoms with van der Waals surface area (Å²) in [5, 5.41) is 11.1. The Morgan fingerprint density at radius 3 is 2.67 bits per heavy atom. The summed E-state index contributed by atoms with van der Waals surface area (Å²) < 4.78 is 0. The van der Waals surface area contributed by atoms with E-state index in [-0.39, 0.29) is 5.92 Å². The molecule has 0 spiro atoms. The Hall–Kier alpha value is -1.42. The Labute approximate surface area is 91.0 Å². The van der Waals surface area contributed by atoms with E-state index in [0.29, 0.717) is 11.3 Å². The number of carbonyl (C=O) groups excluding carboxylic acids is 1. The molecule has 0 N–H and O–H groups in total. The van der Waals surface area contributed by atoms with Gasteiger partial charge in [0.05, 0.1) is 11.8 Å². The summed E-state index contributed by atoms with van der Waals surface area (Å²) in [6, 6.07) is 6.09. The summed E-state index contributed by atoms with van der Waals surface area (Å²) in [6.45, 7) is 0. The van der Waals surface area contributed by atoms with Crippen molar-refractivity contribution in [1.82, 2.24) is 0 Å². The van der Waals surface area contributed by atoms with Crippen LogP contribution >= 0.6 is 11.6 Å². The molecule has 0 bridgehead atoms. The molecule has 2 rings (SSSR count). The van der Waals surface area contributed by atoms with Gasteiger partial charge in [-0.1, -0.05) is 23.7 Å². The fourth-order valence-electron chi connectivity index (χ4n) is 1.89. The van der Waals surface area contributed by atoms with Crippen LogP contribution in [0.15, 0.2) is 24.3 Å². The fourth-order valence-corrected chi connectivity index (χ4v) is 2.09. The number of rotatable bonds is 3. The largest absolute Gasteiger partial charge is 0.303 e. The molecular weight excluding hydrogens is 218 g/mol. The molecule has 0 heterocycles. The van der Waals surface area contributed by atoms with Crippen molar-refractivity contribution in [3.8, 4) is 0 Å². The topological polar surface area (TPSA) is 60.2 Å². The molecule has 1 aliphatic carbocycles. The minimum atomic E-state index is -0.777. The molecule has 0 unspecified atom stereocenters. The Morgan fingerprint density at radius 2 is 2.20 bits per heavy atom. The van der Waals surface area contributed by atoms with Crippen LogP contribution < -0.4 is 0 Å². The molecule has 0 saturated heterocycles. The lowest BCUT2D eigenvalue weighted by molar-refractivity contribution is -0.498. The summed E-state index contributed by atoms with van der Waals surface area (Å²) in [4.78, 5) is 20.8. The van der Waals surface area contributed by atoms with E-state index in [1.54, 1.807) is 24.3 Å². The molecule has 0 aromatic heterocycles. The van der Waals surface area contributed by atoms with Gasteiger partial charge in [0.25, 0.3) is 0 Å². The molecule has 0 amide bonds. The van der Waals surface area contributed by atoms with E-state index < -0.39 is 16.9 Å². The smallest absolute Gasteiger partial charge is 0.231 e. The van der Waals surface area contributed by atoms with Gasteiger partial charge >= 0.3 is 0 Å². The Morgan fingerprint density at radius 1 is 1.47 bits per heavy atom. The number of halogens is 1. The number of nitrogens with zero attached hydrogens (tertiary/aromatic N) is 1. The minimum absolute atomic E-state index is 0.309. The molecule has 1 aromatic carbocycles. The first kappa shape index (κ1) is 10.1. The van der Waals surface area contributed by atoms with E-state index in [4.69, 9.17) is 11.6 Å². The Balaban J connectivity index is 2.26. The molecule has 3 atom stereocenters. The van der Waals surface area contributed by atoms with Gasteiger partial charge in [-0.25, -0.2) is 0 Å². The monoisotopic (exact) mass is 225 g/mol. The molecule has 4 nitrogen and oxygen atoms in total. The number of aldehydes is 1. The first-order valence-corrected chi connectivity index (χ1v) is 4.87. The maximum absolute atomic E-state index is 10.6. The van der Waals surface area contributed by atoms with Crippen LogP contribution in [0.1, 0.15) is 11.5 Å². The lowest BCUT2D eigenvalue weighted by Gasteiger charge is -1.96. The van der Waals surface area contributed by atoms with Crippen molar-refractivity contribution >= 4 is 17.9 Å². The highest BCUT2D eigenvalue weighted by atomic mass is 35.5. The van der Waals surface area contributed by atoms with Crippen molar-refractivity contribution in [2.24, 2.45) is 5.92 Å². The van der Waals surface area contributed by atoms with Gasteiger partial charge in [0.2, 0.25) is 6.04 Å². The average molecular weight is 226 g/mol. The molecule has 1 saturated carbocycles. The third-order valence-electron chi connectivity index (χ3n) is 2.67. The SMILES string of the molecule is O=C[C@H]1[C@@H](c2cccc(Cl)c2)[C@@H]1[N+](=O)[O-]. The molecular formula is C10H8ClNO3. The molecule has 1 fully saturated rings. The summed E-state index contributed by atoms with van der Waals surface area (Å²) in [5.41, 5.74) is 0.765. The van der Waals surface area contributed by atoms with Gasteiger partial charge in [-0.2, -0.15) is 0 Å². The van der Waals surface area contributed by atoms with Crippen LogP contribution in [0.4, 0.5) is 0 Å². The van der Waals surface area contributed by atoms with Crippen molar-refractivity contribution in [3.63, 3.8) is 0 Å². The van der Waals surface area contributed by atoms with Crippen LogP contribution in [0.5, 0.6) is 0 Å². The molecule has 15 heavy (non-hydrogen) atoms. The Bertz CT molecular complexity index is 421. The van der Waals surface area contributed by atoms with Gasteiger partial charge in [0.15, 0.2) is 0 Å². The summed E-state index contributed by atoms with van der Waals surface area (Å²) in [7, 11) is 0. The summed E-state index contributed by atoms with van der Waals surface area (Å²) in [6.07, 6.45) is 0.652.